The highest BCUT2D eigenvalue weighted by Gasteiger charge is 2.18. The zero-order valence-corrected chi connectivity index (χ0v) is 8.69. The molecule has 0 saturated carbocycles. The van der Waals surface area contributed by atoms with E-state index in [2.05, 4.69) is 4.98 Å². The molecule has 0 aromatic carbocycles. The Hall–Kier alpha value is -1.38. The van der Waals surface area contributed by atoms with Crippen LogP contribution in [0.3, 0.4) is 0 Å². The highest BCUT2D eigenvalue weighted by molar-refractivity contribution is 5.76. The molecule has 76 valence electrons. The Kier molecular flexibility index (Phi) is 3.23. The van der Waals surface area contributed by atoms with Crippen LogP contribution in [0.4, 0.5) is 0 Å². The number of aliphatic carboxylic acids is 1. The Morgan fingerprint density at radius 1 is 1.36 bits per heavy atom. The van der Waals surface area contributed by atoms with Crippen molar-refractivity contribution in [1.82, 2.24) is 4.98 Å². The van der Waals surface area contributed by atoms with Gasteiger partial charge in [0.25, 0.3) is 0 Å². The molecule has 3 nitrogen and oxygen atoms in total. The van der Waals surface area contributed by atoms with Gasteiger partial charge in [-0.25, -0.2) is 0 Å². The van der Waals surface area contributed by atoms with Gasteiger partial charge in [-0.2, -0.15) is 0 Å². The molecule has 0 bridgehead atoms. The van der Waals surface area contributed by atoms with E-state index in [0.717, 1.165) is 11.1 Å². The first-order valence-electron chi connectivity index (χ1n) is 4.70. The van der Waals surface area contributed by atoms with Crippen LogP contribution in [0.2, 0.25) is 0 Å². The van der Waals surface area contributed by atoms with Crippen molar-refractivity contribution in [2.45, 2.75) is 32.6 Å². The molecule has 0 spiro atoms. The molecule has 3 heteroatoms. The first kappa shape index (κ1) is 10.7. The lowest BCUT2D eigenvalue weighted by Crippen LogP contribution is -2.10. The van der Waals surface area contributed by atoms with Crippen molar-refractivity contribution in [3.05, 3.63) is 29.6 Å². The fraction of sp³-hybridized carbons (Fsp3) is 0.455. The third-order valence-electron chi connectivity index (χ3n) is 2.35. The van der Waals surface area contributed by atoms with Gasteiger partial charge in [-0.1, -0.05) is 13.8 Å². The second-order valence-electron chi connectivity index (χ2n) is 3.72. The van der Waals surface area contributed by atoms with Crippen LogP contribution in [-0.2, 0) is 4.79 Å². The third-order valence-corrected chi connectivity index (χ3v) is 2.35. The van der Waals surface area contributed by atoms with Gasteiger partial charge in [0, 0.05) is 12.4 Å². The normalized spacial score (nSPS) is 12.9. The lowest BCUT2D eigenvalue weighted by Gasteiger charge is -2.14. The van der Waals surface area contributed by atoms with Gasteiger partial charge in [0.05, 0.1) is 5.92 Å². The van der Waals surface area contributed by atoms with Crippen LogP contribution in [-0.4, -0.2) is 16.1 Å². The van der Waals surface area contributed by atoms with Gasteiger partial charge in [-0.15, -0.1) is 0 Å². The molecule has 1 unspecified atom stereocenters. The average molecular weight is 193 g/mol. The van der Waals surface area contributed by atoms with Crippen molar-refractivity contribution < 1.29 is 9.90 Å². The Balaban J connectivity index is 3.13. The lowest BCUT2D eigenvalue weighted by atomic mass is 9.92. The summed E-state index contributed by atoms with van der Waals surface area (Å²) in [5.74, 6) is -0.950. The number of carboxylic acids is 1. The molecule has 0 aliphatic rings. The van der Waals surface area contributed by atoms with Gasteiger partial charge in [0.15, 0.2) is 0 Å². The summed E-state index contributed by atoms with van der Waals surface area (Å²) < 4.78 is 0. The molecule has 1 rings (SSSR count). The zero-order chi connectivity index (χ0) is 10.7. The van der Waals surface area contributed by atoms with Crippen molar-refractivity contribution in [2.24, 2.45) is 0 Å². The Morgan fingerprint density at radius 3 is 2.50 bits per heavy atom. The van der Waals surface area contributed by atoms with Crippen molar-refractivity contribution in [1.29, 1.82) is 0 Å². The standard InChI is InChI=1S/C11H15NO2/c1-7(2)10-6-12-5-4-9(10)8(3)11(13)14/h4-8H,1-3H3,(H,13,14). The second-order valence-corrected chi connectivity index (χ2v) is 3.72. The molecular weight excluding hydrogens is 178 g/mol. The molecule has 0 saturated heterocycles. The van der Waals surface area contributed by atoms with Crippen molar-refractivity contribution >= 4 is 5.97 Å². The summed E-state index contributed by atoms with van der Waals surface area (Å²) in [4.78, 5) is 14.9. The van der Waals surface area contributed by atoms with Crippen LogP contribution in [0.1, 0.15) is 43.7 Å². The summed E-state index contributed by atoms with van der Waals surface area (Å²) >= 11 is 0. The van der Waals surface area contributed by atoms with Crippen LogP contribution < -0.4 is 0 Å². The van der Waals surface area contributed by atoms with Crippen LogP contribution in [0.15, 0.2) is 18.5 Å². The predicted molar refractivity (Wildman–Crippen MR) is 54.4 cm³/mol. The summed E-state index contributed by atoms with van der Waals surface area (Å²) in [6.45, 7) is 5.77. The van der Waals surface area contributed by atoms with E-state index in [1.54, 1.807) is 25.4 Å². The van der Waals surface area contributed by atoms with Crippen molar-refractivity contribution in [3.63, 3.8) is 0 Å². The second kappa shape index (κ2) is 4.22. The smallest absolute Gasteiger partial charge is 0.310 e. The number of carbonyl (C=O) groups is 1. The minimum atomic E-state index is -0.793. The maximum Gasteiger partial charge on any atom is 0.310 e. The first-order chi connectivity index (χ1) is 6.54. The SMILES string of the molecule is CC(C)c1cnccc1C(C)C(=O)O. The fourth-order valence-electron chi connectivity index (χ4n) is 1.43. The van der Waals surface area contributed by atoms with Crippen LogP contribution >= 0.6 is 0 Å². The van der Waals surface area contributed by atoms with Crippen molar-refractivity contribution in [2.75, 3.05) is 0 Å². The molecule has 1 aromatic heterocycles. The lowest BCUT2D eigenvalue weighted by molar-refractivity contribution is -0.138. The van der Waals surface area contributed by atoms with Crippen molar-refractivity contribution in [3.8, 4) is 0 Å². The summed E-state index contributed by atoms with van der Waals surface area (Å²) in [6.07, 6.45) is 3.39. The fourth-order valence-corrected chi connectivity index (χ4v) is 1.43. The number of aromatic nitrogens is 1. The van der Waals surface area contributed by atoms with Gasteiger partial charge in [-0.3, -0.25) is 9.78 Å². The predicted octanol–water partition coefficient (Wildman–Crippen LogP) is 2.39. The number of nitrogens with zero attached hydrogens (tertiary/aromatic N) is 1. The number of hydrogen-bond donors (Lipinski definition) is 1. The molecule has 0 amide bonds. The summed E-state index contributed by atoms with van der Waals surface area (Å²) in [5.41, 5.74) is 1.88. The molecule has 0 radical (unpaired) electrons. The average Bonchev–Trinajstić information content (AvgIpc) is 2.16. The van der Waals surface area contributed by atoms with E-state index in [1.807, 2.05) is 13.8 Å². The molecule has 1 atom stereocenters. The van der Waals surface area contributed by atoms with Gasteiger partial charge in [0.1, 0.15) is 0 Å². The number of carboxylic acid groups (broad SMARTS) is 1. The molecule has 14 heavy (non-hydrogen) atoms. The molecule has 1 aromatic rings. The van der Waals surface area contributed by atoms with Crippen LogP contribution in [0.25, 0.3) is 0 Å². The molecule has 0 aliphatic heterocycles. The van der Waals surface area contributed by atoms with Gasteiger partial charge < -0.3 is 5.11 Å². The monoisotopic (exact) mass is 193 g/mol. The van der Waals surface area contributed by atoms with E-state index in [9.17, 15) is 4.79 Å². The summed E-state index contributed by atoms with van der Waals surface area (Å²) in [7, 11) is 0. The zero-order valence-electron chi connectivity index (χ0n) is 8.69. The maximum absolute atomic E-state index is 10.9. The van der Waals surface area contributed by atoms with Gasteiger partial charge in [0.2, 0.25) is 0 Å². The largest absolute Gasteiger partial charge is 0.481 e. The Bertz CT molecular complexity index is 334. The van der Waals surface area contributed by atoms with Crippen LogP contribution in [0.5, 0.6) is 0 Å². The van der Waals surface area contributed by atoms with Gasteiger partial charge >= 0.3 is 5.97 Å². The molecule has 0 aliphatic carbocycles. The highest BCUT2D eigenvalue weighted by atomic mass is 16.4. The Morgan fingerprint density at radius 2 is 2.00 bits per heavy atom. The minimum absolute atomic E-state index is 0.306. The molecular formula is C11H15NO2. The number of pyridine rings is 1. The van der Waals surface area contributed by atoms with E-state index in [1.165, 1.54) is 0 Å². The summed E-state index contributed by atoms with van der Waals surface area (Å²) in [6, 6.07) is 1.79. The first-order valence-corrected chi connectivity index (χ1v) is 4.70. The van der Waals surface area contributed by atoms with Gasteiger partial charge in [-0.05, 0) is 30.0 Å². The molecule has 1 heterocycles. The maximum atomic E-state index is 10.9. The minimum Gasteiger partial charge on any atom is -0.481 e. The van der Waals surface area contributed by atoms with E-state index in [-0.39, 0.29) is 0 Å². The topological polar surface area (TPSA) is 50.2 Å². The highest BCUT2D eigenvalue weighted by Crippen LogP contribution is 2.25. The number of hydrogen-bond acceptors (Lipinski definition) is 2. The van der Waals surface area contributed by atoms with E-state index in [0.29, 0.717) is 5.92 Å². The summed E-state index contributed by atoms with van der Waals surface area (Å²) in [5, 5.41) is 8.92. The van der Waals surface area contributed by atoms with E-state index in [4.69, 9.17) is 5.11 Å². The molecule has 0 fully saturated rings. The third kappa shape index (κ3) is 2.10. The Labute approximate surface area is 83.8 Å². The van der Waals surface area contributed by atoms with Crippen LogP contribution in [0, 0.1) is 0 Å². The molecule has 1 N–H and O–H groups in total. The van der Waals surface area contributed by atoms with E-state index >= 15 is 0 Å². The van der Waals surface area contributed by atoms with E-state index < -0.39 is 11.9 Å². The number of rotatable bonds is 3. The quantitative estimate of drug-likeness (QED) is 0.801.